The predicted octanol–water partition coefficient (Wildman–Crippen LogP) is 3.56. The van der Waals surface area contributed by atoms with Crippen LogP contribution >= 0.6 is 0 Å². The number of carbonyl (C=O) groups is 2. The maximum absolute atomic E-state index is 12.3. The summed E-state index contributed by atoms with van der Waals surface area (Å²) >= 11 is 0. The molecule has 5 nitrogen and oxygen atoms in total. The van der Waals surface area contributed by atoms with Crippen LogP contribution in [0.4, 0.5) is 5.69 Å². The van der Waals surface area contributed by atoms with Gasteiger partial charge in [0.2, 0.25) is 5.76 Å². The predicted molar refractivity (Wildman–Crippen MR) is 79.7 cm³/mol. The molecule has 0 radical (unpaired) electrons. The maximum atomic E-state index is 12.3. The smallest absolute Gasteiger partial charge is 0.293 e. The summed E-state index contributed by atoms with van der Waals surface area (Å²) in [6, 6.07) is 6.72. The molecular weight excluding hydrogens is 268 g/mol. The van der Waals surface area contributed by atoms with Crippen molar-refractivity contribution in [1.82, 2.24) is 4.98 Å². The van der Waals surface area contributed by atoms with Crippen LogP contribution in [-0.4, -0.2) is 16.7 Å². The fraction of sp³-hybridized carbons (Fsp3) is 0.312. The van der Waals surface area contributed by atoms with E-state index in [-0.39, 0.29) is 23.4 Å². The number of ketones is 1. The minimum Gasteiger partial charge on any atom is -0.436 e. The van der Waals surface area contributed by atoms with E-state index in [0.717, 1.165) is 0 Å². The van der Waals surface area contributed by atoms with Gasteiger partial charge in [0.05, 0.1) is 5.69 Å². The Hall–Kier alpha value is -2.43. The summed E-state index contributed by atoms with van der Waals surface area (Å²) in [7, 11) is 0. The molecule has 2 rings (SSSR count). The van der Waals surface area contributed by atoms with Crippen molar-refractivity contribution in [3.8, 4) is 0 Å². The quantitative estimate of drug-likeness (QED) is 0.872. The lowest BCUT2D eigenvalue weighted by Gasteiger charge is -2.06. The van der Waals surface area contributed by atoms with Gasteiger partial charge in [-0.05, 0) is 37.1 Å². The molecule has 0 fully saturated rings. The number of anilines is 1. The van der Waals surface area contributed by atoms with Gasteiger partial charge in [-0.2, -0.15) is 0 Å². The third kappa shape index (κ3) is 3.37. The Labute approximate surface area is 123 Å². The van der Waals surface area contributed by atoms with Gasteiger partial charge in [-0.3, -0.25) is 9.59 Å². The van der Waals surface area contributed by atoms with Crippen molar-refractivity contribution in [3.63, 3.8) is 0 Å². The largest absolute Gasteiger partial charge is 0.436 e. The van der Waals surface area contributed by atoms with E-state index in [2.05, 4.69) is 10.3 Å². The maximum Gasteiger partial charge on any atom is 0.293 e. The average molecular weight is 286 g/mol. The van der Waals surface area contributed by atoms with Gasteiger partial charge >= 0.3 is 0 Å². The Kier molecular flexibility index (Phi) is 4.21. The molecule has 0 aliphatic carbocycles. The zero-order valence-electron chi connectivity index (χ0n) is 12.6. The highest BCUT2D eigenvalue weighted by Crippen LogP contribution is 2.21. The van der Waals surface area contributed by atoms with Crippen LogP contribution in [-0.2, 0) is 0 Å². The van der Waals surface area contributed by atoms with Crippen molar-refractivity contribution in [2.75, 3.05) is 5.32 Å². The molecule has 0 saturated heterocycles. The topological polar surface area (TPSA) is 72.2 Å². The van der Waals surface area contributed by atoms with Crippen LogP contribution in [0, 0.1) is 6.92 Å². The highest BCUT2D eigenvalue weighted by atomic mass is 16.4. The van der Waals surface area contributed by atoms with Crippen molar-refractivity contribution in [1.29, 1.82) is 0 Å². The summed E-state index contributed by atoms with van der Waals surface area (Å²) in [6.07, 6.45) is 0. The van der Waals surface area contributed by atoms with Gasteiger partial charge in [-0.15, -0.1) is 0 Å². The zero-order valence-corrected chi connectivity index (χ0v) is 12.6. The zero-order chi connectivity index (χ0) is 15.6. The third-order valence-electron chi connectivity index (χ3n) is 3.06. The Morgan fingerprint density at radius 2 is 1.81 bits per heavy atom. The summed E-state index contributed by atoms with van der Waals surface area (Å²) in [5, 5.41) is 2.75. The van der Waals surface area contributed by atoms with Gasteiger partial charge in [0.25, 0.3) is 5.91 Å². The number of rotatable bonds is 4. The number of oxazole rings is 1. The van der Waals surface area contributed by atoms with Crippen LogP contribution in [0.25, 0.3) is 0 Å². The van der Waals surface area contributed by atoms with Crippen LogP contribution in [0.2, 0.25) is 0 Å². The van der Waals surface area contributed by atoms with E-state index < -0.39 is 0 Å². The number of amides is 1. The molecule has 21 heavy (non-hydrogen) atoms. The van der Waals surface area contributed by atoms with Crippen molar-refractivity contribution in [2.24, 2.45) is 0 Å². The second kappa shape index (κ2) is 5.91. The summed E-state index contributed by atoms with van der Waals surface area (Å²) in [5.41, 5.74) is 1.85. The lowest BCUT2D eigenvalue weighted by molar-refractivity contribution is 0.0991. The molecule has 0 saturated carbocycles. The molecule has 0 spiro atoms. The molecule has 0 bridgehead atoms. The Bertz CT molecular complexity index is 669. The molecule has 1 heterocycles. The summed E-state index contributed by atoms with van der Waals surface area (Å²) in [4.78, 5) is 27.7. The Balaban J connectivity index is 2.20. The molecule has 1 N–H and O–H groups in total. The summed E-state index contributed by atoms with van der Waals surface area (Å²) in [6.45, 7) is 7.12. The molecule has 5 heteroatoms. The van der Waals surface area contributed by atoms with E-state index in [0.29, 0.717) is 22.8 Å². The number of benzene rings is 1. The Morgan fingerprint density at radius 1 is 1.19 bits per heavy atom. The van der Waals surface area contributed by atoms with Gasteiger partial charge in [-0.25, -0.2) is 4.98 Å². The first-order valence-electron chi connectivity index (χ1n) is 6.78. The number of nitrogens with zero attached hydrogens (tertiary/aromatic N) is 1. The van der Waals surface area contributed by atoms with Gasteiger partial charge in [0.1, 0.15) is 0 Å². The van der Waals surface area contributed by atoms with Gasteiger partial charge in [0.15, 0.2) is 11.7 Å². The monoisotopic (exact) mass is 286 g/mol. The molecule has 2 aromatic rings. The highest BCUT2D eigenvalue weighted by molar-refractivity contribution is 6.03. The van der Waals surface area contributed by atoms with Crippen LogP contribution < -0.4 is 5.32 Å². The highest BCUT2D eigenvalue weighted by Gasteiger charge is 2.21. The summed E-state index contributed by atoms with van der Waals surface area (Å²) < 4.78 is 5.39. The van der Waals surface area contributed by atoms with Crippen LogP contribution in [0.3, 0.4) is 0 Å². The van der Waals surface area contributed by atoms with Crippen molar-refractivity contribution < 1.29 is 14.0 Å². The lowest BCUT2D eigenvalue weighted by Crippen LogP contribution is -2.13. The number of hydrogen-bond donors (Lipinski definition) is 1. The molecule has 110 valence electrons. The van der Waals surface area contributed by atoms with Gasteiger partial charge in [0, 0.05) is 18.2 Å². The standard InChI is InChI=1S/C16H18N2O3/c1-9(2)14-15(21-11(4)17-14)16(20)18-13-7-5-12(6-8-13)10(3)19/h5-9H,1-4H3,(H,18,20). The number of Topliss-reactive ketones (excluding diaryl/α,β-unsaturated/α-hetero) is 1. The van der Waals surface area contributed by atoms with Crippen molar-refractivity contribution >= 4 is 17.4 Å². The van der Waals surface area contributed by atoms with E-state index >= 15 is 0 Å². The minimum atomic E-state index is -0.338. The summed E-state index contributed by atoms with van der Waals surface area (Å²) in [5.74, 6) is 0.452. The number of aryl methyl sites for hydroxylation is 1. The van der Waals surface area contributed by atoms with Crippen molar-refractivity contribution in [3.05, 3.63) is 47.2 Å². The van der Waals surface area contributed by atoms with Crippen LogP contribution in [0.1, 0.15) is 59.2 Å². The molecule has 0 unspecified atom stereocenters. The first-order chi connectivity index (χ1) is 9.88. The molecule has 1 amide bonds. The fourth-order valence-corrected chi connectivity index (χ4v) is 1.97. The number of aromatic nitrogens is 1. The first-order valence-corrected chi connectivity index (χ1v) is 6.78. The molecule has 0 aliphatic heterocycles. The van der Waals surface area contributed by atoms with E-state index in [1.165, 1.54) is 6.92 Å². The molecule has 0 aliphatic rings. The second-order valence-electron chi connectivity index (χ2n) is 5.19. The lowest BCUT2D eigenvalue weighted by atomic mass is 10.1. The molecule has 1 aromatic carbocycles. The molecule has 1 aromatic heterocycles. The Morgan fingerprint density at radius 3 is 2.33 bits per heavy atom. The number of carbonyl (C=O) groups excluding carboxylic acids is 2. The second-order valence-corrected chi connectivity index (χ2v) is 5.19. The average Bonchev–Trinajstić information content (AvgIpc) is 2.82. The third-order valence-corrected chi connectivity index (χ3v) is 3.06. The van der Waals surface area contributed by atoms with E-state index in [1.807, 2.05) is 13.8 Å². The minimum absolute atomic E-state index is 0.0131. The van der Waals surface area contributed by atoms with Gasteiger partial charge in [-0.1, -0.05) is 13.8 Å². The normalized spacial score (nSPS) is 10.7. The number of nitrogens with one attached hydrogen (secondary N) is 1. The van der Waals surface area contributed by atoms with Crippen LogP contribution in [0.5, 0.6) is 0 Å². The fourth-order valence-electron chi connectivity index (χ4n) is 1.97. The molecular formula is C16H18N2O3. The molecule has 0 atom stereocenters. The van der Waals surface area contributed by atoms with Crippen LogP contribution in [0.15, 0.2) is 28.7 Å². The van der Waals surface area contributed by atoms with Gasteiger partial charge < -0.3 is 9.73 Å². The van der Waals surface area contributed by atoms with E-state index in [4.69, 9.17) is 4.42 Å². The number of hydrogen-bond acceptors (Lipinski definition) is 4. The first kappa shape index (κ1) is 15.0. The SMILES string of the molecule is CC(=O)c1ccc(NC(=O)c2oc(C)nc2C(C)C)cc1. The van der Waals surface area contributed by atoms with E-state index in [9.17, 15) is 9.59 Å². The van der Waals surface area contributed by atoms with E-state index in [1.54, 1.807) is 31.2 Å². The van der Waals surface area contributed by atoms with Crippen molar-refractivity contribution in [2.45, 2.75) is 33.6 Å².